The van der Waals surface area contributed by atoms with E-state index >= 15 is 0 Å². The van der Waals surface area contributed by atoms with Crippen molar-refractivity contribution < 1.29 is 28.5 Å². The van der Waals surface area contributed by atoms with Crippen molar-refractivity contribution in [3.8, 4) is 17.2 Å². The van der Waals surface area contributed by atoms with E-state index in [1.807, 2.05) is 60.7 Å². The summed E-state index contributed by atoms with van der Waals surface area (Å²) in [6.45, 7) is 0.748. The molecule has 0 radical (unpaired) electrons. The van der Waals surface area contributed by atoms with Gasteiger partial charge < -0.3 is 18.9 Å². The summed E-state index contributed by atoms with van der Waals surface area (Å²) in [6, 6.07) is 30.7. The van der Waals surface area contributed by atoms with Crippen molar-refractivity contribution in [1.29, 1.82) is 0 Å². The highest BCUT2D eigenvalue weighted by Crippen LogP contribution is 2.27. The van der Waals surface area contributed by atoms with Crippen molar-refractivity contribution in [2.75, 3.05) is 19.8 Å². The van der Waals surface area contributed by atoms with Gasteiger partial charge in [0.05, 0.1) is 16.6 Å². The Balaban J connectivity index is 1.31. The fourth-order valence-electron chi connectivity index (χ4n) is 3.44. The molecule has 0 spiro atoms. The molecule has 0 bridgehead atoms. The first kappa shape index (κ1) is 26.0. The fourth-order valence-corrected chi connectivity index (χ4v) is 3.93. The van der Waals surface area contributed by atoms with E-state index in [2.05, 4.69) is 15.9 Å². The summed E-state index contributed by atoms with van der Waals surface area (Å²) in [5, 5.41) is 0. The average Bonchev–Trinajstić information content (AvgIpc) is 2.93. The summed E-state index contributed by atoms with van der Waals surface area (Å²) in [7, 11) is 0. The molecule has 0 atom stereocenters. The number of esters is 2. The number of halogens is 1. The monoisotopic (exact) mass is 560 g/mol. The van der Waals surface area contributed by atoms with Crippen molar-refractivity contribution in [1.82, 2.24) is 0 Å². The second-order valence-electron chi connectivity index (χ2n) is 7.91. The van der Waals surface area contributed by atoms with Crippen molar-refractivity contribution in [3.63, 3.8) is 0 Å². The molecule has 0 aliphatic rings. The Morgan fingerprint density at radius 1 is 0.649 bits per heavy atom. The summed E-state index contributed by atoms with van der Waals surface area (Å²) in [5.74, 6) is 0.203. The quantitative estimate of drug-likeness (QED) is 0.118. The van der Waals surface area contributed by atoms with Gasteiger partial charge in [-0.1, -0.05) is 60.7 Å². The Hall–Kier alpha value is -4.10. The van der Waals surface area contributed by atoms with Crippen molar-refractivity contribution in [2.45, 2.75) is 6.42 Å². The molecule has 0 heterocycles. The lowest BCUT2D eigenvalue weighted by Gasteiger charge is -2.12. The lowest BCUT2D eigenvalue weighted by molar-refractivity contribution is 0.0445. The third-order valence-corrected chi connectivity index (χ3v) is 5.92. The first-order valence-electron chi connectivity index (χ1n) is 11.7. The predicted octanol–water partition coefficient (Wildman–Crippen LogP) is 6.53. The molecule has 0 aromatic heterocycles. The van der Waals surface area contributed by atoms with Gasteiger partial charge in [-0.3, -0.25) is 0 Å². The molecule has 4 aromatic carbocycles. The van der Waals surface area contributed by atoms with Crippen LogP contribution in [0, 0.1) is 0 Å². The van der Waals surface area contributed by atoms with Gasteiger partial charge in [-0.2, -0.15) is 0 Å². The second-order valence-corrected chi connectivity index (χ2v) is 8.77. The van der Waals surface area contributed by atoms with Crippen LogP contribution in [-0.2, 0) is 11.2 Å². The van der Waals surface area contributed by atoms with E-state index in [4.69, 9.17) is 18.9 Å². The molecule has 0 aliphatic carbocycles. The Kier molecular flexibility index (Phi) is 9.32. The molecule has 0 aliphatic heterocycles. The lowest BCUT2D eigenvalue weighted by Crippen LogP contribution is -2.15. The van der Waals surface area contributed by atoms with Gasteiger partial charge in [-0.05, 0) is 64.0 Å². The predicted molar refractivity (Wildman–Crippen MR) is 143 cm³/mol. The number of hydrogen-bond donors (Lipinski definition) is 0. The van der Waals surface area contributed by atoms with Crippen LogP contribution < -0.4 is 14.2 Å². The number of ether oxygens (including phenoxy) is 4. The SMILES string of the molecule is O=C(Oc1ccccc1C(=O)OCCOc1ccccc1)c1ccc(OCCc2ccccc2)c(Br)c1. The average molecular weight is 561 g/mol. The summed E-state index contributed by atoms with van der Waals surface area (Å²) in [6.07, 6.45) is 0.766. The van der Waals surface area contributed by atoms with Crippen LogP contribution in [0.15, 0.2) is 108 Å². The third-order valence-electron chi connectivity index (χ3n) is 5.30. The Bertz CT molecular complexity index is 1320. The highest BCUT2D eigenvalue weighted by Gasteiger charge is 2.18. The van der Waals surface area contributed by atoms with Crippen LogP contribution in [0.5, 0.6) is 17.2 Å². The number of hydrogen-bond acceptors (Lipinski definition) is 6. The maximum Gasteiger partial charge on any atom is 0.343 e. The standard InChI is InChI=1S/C30H25BrO6/c31-26-21-23(15-16-28(26)35-18-17-22-9-3-1-4-10-22)29(32)37-27-14-8-7-13-25(27)30(33)36-20-19-34-24-11-5-2-6-12-24/h1-16,21H,17-20H2. The Morgan fingerprint density at radius 3 is 2.11 bits per heavy atom. The van der Waals surface area contributed by atoms with E-state index in [0.29, 0.717) is 28.1 Å². The van der Waals surface area contributed by atoms with Crippen LogP contribution in [0.4, 0.5) is 0 Å². The van der Waals surface area contributed by atoms with Gasteiger partial charge in [-0.25, -0.2) is 9.59 Å². The van der Waals surface area contributed by atoms with E-state index in [0.717, 1.165) is 6.42 Å². The minimum atomic E-state index is -0.608. The van der Waals surface area contributed by atoms with Gasteiger partial charge >= 0.3 is 11.9 Å². The van der Waals surface area contributed by atoms with Crippen LogP contribution in [0.3, 0.4) is 0 Å². The van der Waals surface area contributed by atoms with Crippen LogP contribution in [0.25, 0.3) is 0 Å². The molecule has 188 valence electrons. The smallest absolute Gasteiger partial charge is 0.343 e. The Morgan fingerprint density at radius 2 is 1.35 bits per heavy atom. The van der Waals surface area contributed by atoms with Crippen molar-refractivity contribution in [2.24, 2.45) is 0 Å². The molecule has 37 heavy (non-hydrogen) atoms. The molecule has 0 unspecified atom stereocenters. The van der Waals surface area contributed by atoms with Gasteiger partial charge in [0.15, 0.2) is 0 Å². The second kappa shape index (κ2) is 13.3. The molecule has 4 aromatic rings. The molecule has 4 rings (SSSR count). The lowest BCUT2D eigenvalue weighted by atomic mass is 10.2. The van der Waals surface area contributed by atoms with Crippen LogP contribution >= 0.6 is 15.9 Å². The third kappa shape index (κ3) is 7.69. The molecule has 0 saturated carbocycles. The molecule has 7 heteroatoms. The van der Waals surface area contributed by atoms with E-state index < -0.39 is 11.9 Å². The molecule has 0 fully saturated rings. The summed E-state index contributed by atoms with van der Waals surface area (Å²) >= 11 is 3.46. The van der Waals surface area contributed by atoms with Gasteiger partial charge in [0.2, 0.25) is 0 Å². The van der Waals surface area contributed by atoms with Gasteiger partial charge in [0.1, 0.15) is 36.0 Å². The zero-order valence-corrected chi connectivity index (χ0v) is 21.6. The number of rotatable bonds is 11. The molecule has 0 N–H and O–H groups in total. The van der Waals surface area contributed by atoms with Crippen LogP contribution in [0.1, 0.15) is 26.3 Å². The molecular formula is C30H25BrO6. The fraction of sp³-hybridized carbons (Fsp3) is 0.133. The topological polar surface area (TPSA) is 71.1 Å². The summed E-state index contributed by atoms with van der Waals surface area (Å²) in [4.78, 5) is 25.4. The van der Waals surface area contributed by atoms with Gasteiger partial charge in [0.25, 0.3) is 0 Å². The van der Waals surface area contributed by atoms with E-state index in [1.165, 1.54) is 5.56 Å². The summed E-state index contributed by atoms with van der Waals surface area (Å²) in [5.41, 5.74) is 1.64. The maximum atomic E-state index is 12.8. The van der Waals surface area contributed by atoms with Gasteiger partial charge in [-0.15, -0.1) is 0 Å². The molecule has 6 nitrogen and oxygen atoms in total. The van der Waals surface area contributed by atoms with E-state index in [1.54, 1.807) is 42.5 Å². The van der Waals surface area contributed by atoms with Crippen LogP contribution in [-0.4, -0.2) is 31.8 Å². The molecular weight excluding hydrogens is 536 g/mol. The van der Waals surface area contributed by atoms with Crippen molar-refractivity contribution in [3.05, 3.63) is 124 Å². The van der Waals surface area contributed by atoms with E-state index in [-0.39, 0.29) is 24.5 Å². The minimum Gasteiger partial charge on any atom is -0.492 e. The first-order chi connectivity index (χ1) is 18.1. The number of para-hydroxylation sites is 2. The highest BCUT2D eigenvalue weighted by molar-refractivity contribution is 9.10. The molecule has 0 amide bonds. The zero-order chi connectivity index (χ0) is 25.9. The largest absolute Gasteiger partial charge is 0.492 e. The summed E-state index contributed by atoms with van der Waals surface area (Å²) < 4.78 is 22.8. The first-order valence-corrected chi connectivity index (χ1v) is 12.5. The van der Waals surface area contributed by atoms with E-state index in [9.17, 15) is 9.59 Å². The normalized spacial score (nSPS) is 10.4. The van der Waals surface area contributed by atoms with Crippen LogP contribution in [0.2, 0.25) is 0 Å². The van der Waals surface area contributed by atoms with Crippen molar-refractivity contribution >= 4 is 27.9 Å². The Labute approximate surface area is 223 Å². The number of benzene rings is 4. The number of carbonyl (C=O) groups excluding carboxylic acids is 2. The maximum absolute atomic E-state index is 12.8. The molecule has 0 saturated heterocycles. The van der Waals surface area contributed by atoms with Gasteiger partial charge in [0, 0.05) is 6.42 Å². The number of carbonyl (C=O) groups is 2. The highest BCUT2D eigenvalue weighted by atomic mass is 79.9. The minimum absolute atomic E-state index is 0.0503. The zero-order valence-electron chi connectivity index (χ0n) is 20.0.